The van der Waals surface area contributed by atoms with E-state index >= 15 is 0 Å². The Bertz CT molecular complexity index is 974. The van der Waals surface area contributed by atoms with Gasteiger partial charge in [0, 0.05) is 40.1 Å². The van der Waals surface area contributed by atoms with Crippen LogP contribution in [0.1, 0.15) is 57.9 Å². The van der Waals surface area contributed by atoms with Gasteiger partial charge < -0.3 is 10.4 Å². The van der Waals surface area contributed by atoms with Gasteiger partial charge in [0.2, 0.25) is 0 Å². The third-order valence-corrected chi connectivity index (χ3v) is 5.85. The van der Waals surface area contributed by atoms with Crippen molar-refractivity contribution in [3.8, 4) is 5.75 Å². The summed E-state index contributed by atoms with van der Waals surface area (Å²) in [6, 6.07) is 13.5. The number of nitrogens with one attached hydrogen (secondary N) is 1. The third kappa shape index (κ3) is 8.86. The number of hydrogen-bond donors (Lipinski definition) is 2. The summed E-state index contributed by atoms with van der Waals surface area (Å²) in [4.78, 5) is 6.90. The number of aromatic nitrogens is 1. The van der Waals surface area contributed by atoms with Gasteiger partial charge in [-0.1, -0.05) is 51.1 Å². The molecule has 0 fully saturated rings. The molecule has 4 nitrogen and oxygen atoms in total. The molecule has 0 amide bonds. The minimum Gasteiger partial charge on any atom is -0.508 e. The minimum absolute atomic E-state index is 0. The first-order valence-electron chi connectivity index (χ1n) is 11.5. The van der Waals surface area contributed by atoms with Crippen molar-refractivity contribution in [2.24, 2.45) is 0 Å². The highest BCUT2D eigenvalue weighted by Gasteiger charge is 2.11. The molecule has 0 unspecified atom stereocenters. The number of rotatable bonds is 12. The van der Waals surface area contributed by atoms with Gasteiger partial charge in [-0.05, 0) is 68.4 Å². The first-order valence-corrected chi connectivity index (χ1v) is 11.8. The van der Waals surface area contributed by atoms with Crippen LogP contribution in [-0.4, -0.2) is 28.1 Å². The van der Waals surface area contributed by atoms with Gasteiger partial charge in [0.15, 0.2) is 0 Å². The number of anilines is 2. The Kier molecular flexibility index (Phi) is 13.5. The molecule has 0 saturated heterocycles. The molecular weight excluding hydrogens is 477 g/mol. The summed E-state index contributed by atoms with van der Waals surface area (Å²) < 4.78 is 0. The number of benzene rings is 2. The van der Waals surface area contributed by atoms with Crippen LogP contribution in [-0.2, 0) is 6.54 Å². The van der Waals surface area contributed by atoms with E-state index in [-0.39, 0.29) is 24.8 Å². The third-order valence-electron chi connectivity index (χ3n) is 5.61. The highest BCUT2D eigenvalue weighted by molar-refractivity contribution is 6.31. The first kappa shape index (κ1) is 29.3. The maximum absolute atomic E-state index is 10.5. The van der Waals surface area contributed by atoms with Crippen molar-refractivity contribution >= 4 is 58.7 Å². The molecule has 3 rings (SSSR count). The summed E-state index contributed by atoms with van der Waals surface area (Å²) >= 11 is 6.12. The van der Waals surface area contributed by atoms with E-state index in [1.807, 2.05) is 30.3 Å². The van der Waals surface area contributed by atoms with E-state index in [0.717, 1.165) is 47.5 Å². The van der Waals surface area contributed by atoms with Crippen LogP contribution in [0.5, 0.6) is 5.75 Å². The number of pyridine rings is 1. The molecule has 2 N–H and O–H groups in total. The molecule has 1 heterocycles. The molecule has 0 spiro atoms. The van der Waals surface area contributed by atoms with Crippen molar-refractivity contribution in [3.63, 3.8) is 0 Å². The van der Waals surface area contributed by atoms with Crippen LogP contribution >= 0.6 is 36.4 Å². The van der Waals surface area contributed by atoms with Gasteiger partial charge in [-0.25, -0.2) is 0 Å². The Morgan fingerprint density at radius 1 is 0.909 bits per heavy atom. The standard InChI is InChI=1S/C26H34ClN3O.2ClH/c1-3-5-7-15-30(16-8-6-4-2)19-20-17-22(10-12-26(20)31)29-24-13-14-28-25-18-21(27)9-11-23(24)25;;/h9-14,17-18,31H,3-8,15-16,19H2,1-2H3,(H,28,29);2*1H. The van der Waals surface area contributed by atoms with Gasteiger partial charge in [0.1, 0.15) is 5.75 Å². The molecule has 1 aromatic heterocycles. The first-order chi connectivity index (χ1) is 15.1. The number of halogens is 3. The second-order valence-electron chi connectivity index (χ2n) is 8.18. The van der Waals surface area contributed by atoms with Crippen LogP contribution < -0.4 is 5.32 Å². The topological polar surface area (TPSA) is 48.4 Å². The maximum atomic E-state index is 10.5. The Labute approximate surface area is 215 Å². The zero-order valence-corrected chi connectivity index (χ0v) is 21.9. The number of aromatic hydroxyl groups is 1. The normalized spacial score (nSPS) is 10.7. The van der Waals surface area contributed by atoms with E-state index < -0.39 is 0 Å². The Morgan fingerprint density at radius 2 is 1.61 bits per heavy atom. The molecule has 0 saturated carbocycles. The fraction of sp³-hybridized carbons (Fsp3) is 0.423. The van der Waals surface area contributed by atoms with Gasteiger partial charge in [-0.2, -0.15) is 0 Å². The predicted molar refractivity (Wildman–Crippen MR) is 147 cm³/mol. The van der Waals surface area contributed by atoms with Crippen molar-refractivity contribution in [2.45, 2.75) is 58.9 Å². The van der Waals surface area contributed by atoms with Crippen LogP contribution in [0.15, 0.2) is 48.7 Å². The summed E-state index contributed by atoms with van der Waals surface area (Å²) in [5, 5.41) is 15.7. The number of nitrogens with zero attached hydrogens (tertiary/aromatic N) is 2. The number of phenolic OH excluding ortho intramolecular Hbond substituents is 1. The summed E-state index contributed by atoms with van der Waals surface area (Å²) in [6.07, 6.45) is 9.12. The second-order valence-corrected chi connectivity index (χ2v) is 8.62. The van der Waals surface area contributed by atoms with Crippen molar-refractivity contribution in [3.05, 3.63) is 59.2 Å². The molecule has 2 aromatic carbocycles. The Balaban J connectivity index is 0.00000272. The lowest BCUT2D eigenvalue weighted by atomic mass is 10.1. The fourth-order valence-corrected chi connectivity index (χ4v) is 4.02. The quantitative estimate of drug-likeness (QED) is 0.189. The highest BCUT2D eigenvalue weighted by atomic mass is 35.5. The van der Waals surface area contributed by atoms with E-state index in [9.17, 15) is 5.11 Å². The van der Waals surface area contributed by atoms with Gasteiger partial charge in [0.05, 0.1) is 5.52 Å². The molecule has 33 heavy (non-hydrogen) atoms. The monoisotopic (exact) mass is 511 g/mol. The SMILES string of the molecule is CCCCCN(CCCCC)Cc1cc(Nc2ccnc3cc(Cl)ccc23)ccc1O.Cl.Cl. The average molecular weight is 513 g/mol. The van der Waals surface area contributed by atoms with Crippen molar-refractivity contribution in [2.75, 3.05) is 18.4 Å². The van der Waals surface area contributed by atoms with E-state index in [2.05, 4.69) is 35.1 Å². The lowest BCUT2D eigenvalue weighted by Gasteiger charge is -2.23. The second kappa shape index (κ2) is 15.2. The van der Waals surface area contributed by atoms with E-state index in [4.69, 9.17) is 11.6 Å². The van der Waals surface area contributed by atoms with E-state index in [1.165, 1.54) is 38.5 Å². The van der Waals surface area contributed by atoms with Crippen LogP contribution in [0, 0.1) is 0 Å². The van der Waals surface area contributed by atoms with Crippen molar-refractivity contribution in [1.29, 1.82) is 0 Å². The molecular formula is C26H36Cl3N3O. The van der Waals surface area contributed by atoms with Gasteiger partial charge >= 0.3 is 0 Å². The lowest BCUT2D eigenvalue weighted by Crippen LogP contribution is -2.25. The molecule has 7 heteroatoms. The Hall–Kier alpha value is -1.72. The zero-order chi connectivity index (χ0) is 22.1. The molecule has 0 aliphatic heterocycles. The van der Waals surface area contributed by atoms with E-state index in [0.29, 0.717) is 10.8 Å². The smallest absolute Gasteiger partial charge is 0.120 e. The van der Waals surface area contributed by atoms with Crippen molar-refractivity contribution < 1.29 is 5.11 Å². The van der Waals surface area contributed by atoms with E-state index in [1.54, 1.807) is 12.3 Å². The van der Waals surface area contributed by atoms with Crippen LogP contribution in [0.2, 0.25) is 5.02 Å². The van der Waals surface area contributed by atoms with Crippen LogP contribution in [0.3, 0.4) is 0 Å². The van der Waals surface area contributed by atoms with Crippen LogP contribution in [0.4, 0.5) is 11.4 Å². The van der Waals surface area contributed by atoms with Gasteiger partial charge in [-0.15, -0.1) is 24.8 Å². The Morgan fingerprint density at radius 3 is 2.27 bits per heavy atom. The molecule has 0 atom stereocenters. The summed E-state index contributed by atoms with van der Waals surface area (Å²) in [7, 11) is 0. The van der Waals surface area contributed by atoms with Gasteiger partial charge in [-0.3, -0.25) is 9.88 Å². The maximum Gasteiger partial charge on any atom is 0.120 e. The summed E-state index contributed by atoms with van der Waals surface area (Å²) in [5.41, 5.74) is 3.74. The predicted octanol–water partition coefficient (Wildman–Crippen LogP) is 8.36. The van der Waals surface area contributed by atoms with Gasteiger partial charge in [0.25, 0.3) is 0 Å². The fourth-order valence-electron chi connectivity index (χ4n) is 3.86. The van der Waals surface area contributed by atoms with Crippen LogP contribution in [0.25, 0.3) is 10.9 Å². The lowest BCUT2D eigenvalue weighted by molar-refractivity contribution is 0.250. The number of unbranched alkanes of at least 4 members (excludes halogenated alkanes) is 4. The molecule has 3 aromatic rings. The average Bonchev–Trinajstić information content (AvgIpc) is 2.76. The molecule has 0 bridgehead atoms. The number of fused-ring (bicyclic) bond motifs is 1. The number of hydrogen-bond acceptors (Lipinski definition) is 4. The largest absolute Gasteiger partial charge is 0.508 e. The number of phenols is 1. The molecule has 0 aliphatic carbocycles. The zero-order valence-electron chi connectivity index (χ0n) is 19.5. The molecule has 0 radical (unpaired) electrons. The molecule has 0 aliphatic rings. The highest BCUT2D eigenvalue weighted by Crippen LogP contribution is 2.30. The molecule has 182 valence electrons. The summed E-state index contributed by atoms with van der Waals surface area (Å²) in [6.45, 7) is 7.38. The summed E-state index contributed by atoms with van der Waals surface area (Å²) in [5.74, 6) is 0.355. The minimum atomic E-state index is 0. The van der Waals surface area contributed by atoms with Crippen molar-refractivity contribution in [1.82, 2.24) is 9.88 Å².